The average Bonchev–Trinajstić information content (AvgIpc) is 2.63. The molecular weight excluding hydrogens is 228 g/mol. The van der Waals surface area contributed by atoms with Crippen molar-refractivity contribution in [1.29, 1.82) is 0 Å². The van der Waals surface area contributed by atoms with Crippen LogP contribution in [-0.4, -0.2) is 24.0 Å². The Labute approximate surface area is 97.9 Å². The highest BCUT2D eigenvalue weighted by Crippen LogP contribution is 2.27. The first-order chi connectivity index (χ1) is 7.54. The van der Waals surface area contributed by atoms with Crippen LogP contribution in [0.3, 0.4) is 0 Å². The summed E-state index contributed by atoms with van der Waals surface area (Å²) in [7, 11) is 1.51. The number of hydrogen-bond donors (Lipinski definition) is 1. The maximum atomic E-state index is 11.8. The predicted molar refractivity (Wildman–Crippen MR) is 61.2 cm³/mol. The Hall–Kier alpha value is -1.36. The first-order valence-electron chi connectivity index (χ1n) is 4.91. The Morgan fingerprint density at radius 2 is 2.19 bits per heavy atom. The molecule has 0 saturated carbocycles. The second-order valence-electron chi connectivity index (χ2n) is 3.65. The van der Waals surface area contributed by atoms with Gasteiger partial charge in [-0.25, -0.2) is 0 Å². The minimum atomic E-state index is -0.876. The number of thiophene rings is 1. The molecule has 1 N–H and O–H groups in total. The molecule has 0 radical (unpaired) electrons. The number of carbonyl (C=O) groups is 2. The lowest BCUT2D eigenvalue weighted by Gasteiger charge is -2.07. The molecule has 0 fully saturated rings. The van der Waals surface area contributed by atoms with Gasteiger partial charge in [0.1, 0.15) is 10.6 Å². The zero-order valence-corrected chi connectivity index (χ0v) is 10.0. The average molecular weight is 242 g/mol. The van der Waals surface area contributed by atoms with E-state index in [1.807, 2.05) is 0 Å². The van der Waals surface area contributed by atoms with E-state index in [0.717, 1.165) is 0 Å². The molecule has 88 valence electrons. The summed E-state index contributed by atoms with van der Waals surface area (Å²) >= 11 is 1.32. The van der Waals surface area contributed by atoms with Gasteiger partial charge in [-0.05, 0) is 17.4 Å². The maximum Gasteiger partial charge on any atom is 0.303 e. The highest BCUT2D eigenvalue weighted by atomic mass is 32.1. The van der Waals surface area contributed by atoms with Gasteiger partial charge in [-0.1, -0.05) is 6.92 Å². The van der Waals surface area contributed by atoms with Crippen molar-refractivity contribution in [2.75, 3.05) is 7.11 Å². The smallest absolute Gasteiger partial charge is 0.303 e. The molecule has 1 aromatic rings. The van der Waals surface area contributed by atoms with Crippen LogP contribution in [-0.2, 0) is 4.79 Å². The molecule has 0 aliphatic carbocycles. The minimum absolute atomic E-state index is 0.0133. The van der Waals surface area contributed by atoms with Gasteiger partial charge in [-0.3, -0.25) is 9.59 Å². The molecule has 0 aromatic carbocycles. The number of ether oxygens (including phenoxy) is 1. The van der Waals surface area contributed by atoms with Crippen LogP contribution in [0, 0.1) is 5.92 Å². The Morgan fingerprint density at radius 3 is 2.75 bits per heavy atom. The topological polar surface area (TPSA) is 63.6 Å². The van der Waals surface area contributed by atoms with Crippen LogP contribution in [0.4, 0.5) is 0 Å². The van der Waals surface area contributed by atoms with Crippen LogP contribution in [0.25, 0.3) is 0 Å². The van der Waals surface area contributed by atoms with Gasteiger partial charge in [-0.15, -0.1) is 11.3 Å². The van der Waals surface area contributed by atoms with E-state index in [9.17, 15) is 9.59 Å². The number of hydrogen-bond acceptors (Lipinski definition) is 4. The van der Waals surface area contributed by atoms with Crippen molar-refractivity contribution in [1.82, 2.24) is 0 Å². The lowest BCUT2D eigenvalue weighted by atomic mass is 10.0. The highest BCUT2D eigenvalue weighted by Gasteiger charge is 2.18. The van der Waals surface area contributed by atoms with E-state index in [0.29, 0.717) is 10.6 Å². The van der Waals surface area contributed by atoms with Crippen LogP contribution in [0.2, 0.25) is 0 Å². The first kappa shape index (κ1) is 12.7. The van der Waals surface area contributed by atoms with Crippen molar-refractivity contribution >= 4 is 23.1 Å². The Bertz CT molecular complexity index is 383. The summed E-state index contributed by atoms with van der Waals surface area (Å²) in [5.41, 5.74) is 0. The van der Waals surface area contributed by atoms with Gasteiger partial charge in [0, 0.05) is 12.8 Å². The number of Topliss-reactive ketones (excluding diaryl/α,β-unsaturated/α-hetero) is 1. The van der Waals surface area contributed by atoms with Crippen molar-refractivity contribution in [2.24, 2.45) is 5.92 Å². The molecule has 4 nitrogen and oxygen atoms in total. The summed E-state index contributed by atoms with van der Waals surface area (Å²) in [5, 5.41) is 10.4. The molecule has 5 heteroatoms. The molecule has 0 saturated heterocycles. The summed E-state index contributed by atoms with van der Waals surface area (Å²) in [4.78, 5) is 22.9. The second-order valence-corrected chi connectivity index (χ2v) is 4.56. The van der Waals surface area contributed by atoms with Crippen molar-refractivity contribution in [3.05, 3.63) is 16.3 Å². The van der Waals surface area contributed by atoms with Gasteiger partial charge < -0.3 is 9.84 Å². The number of carbonyl (C=O) groups excluding carboxylic acids is 1. The van der Waals surface area contributed by atoms with E-state index < -0.39 is 5.97 Å². The summed E-state index contributed by atoms with van der Waals surface area (Å²) in [6.45, 7) is 1.76. The molecule has 1 unspecified atom stereocenters. The third-order valence-corrected chi connectivity index (χ3v) is 3.10. The Morgan fingerprint density at radius 1 is 1.50 bits per heavy atom. The summed E-state index contributed by atoms with van der Waals surface area (Å²) in [5.74, 6) is -0.520. The van der Waals surface area contributed by atoms with Gasteiger partial charge in [0.25, 0.3) is 0 Å². The third kappa shape index (κ3) is 3.34. The molecule has 0 bridgehead atoms. The normalized spacial score (nSPS) is 12.1. The van der Waals surface area contributed by atoms with E-state index >= 15 is 0 Å². The van der Waals surface area contributed by atoms with Gasteiger partial charge in [0.2, 0.25) is 0 Å². The molecule has 0 spiro atoms. The summed E-state index contributed by atoms with van der Waals surface area (Å²) in [6, 6.07) is 1.74. The van der Waals surface area contributed by atoms with Gasteiger partial charge in [-0.2, -0.15) is 0 Å². The van der Waals surface area contributed by atoms with Gasteiger partial charge in [0.15, 0.2) is 5.78 Å². The minimum Gasteiger partial charge on any atom is -0.495 e. The SMILES string of the molecule is COc1ccsc1C(=O)CC(C)CC(=O)O. The molecule has 1 rings (SSSR count). The molecule has 1 heterocycles. The fourth-order valence-corrected chi connectivity index (χ4v) is 2.25. The molecule has 1 atom stereocenters. The van der Waals surface area contributed by atoms with Crippen LogP contribution < -0.4 is 4.74 Å². The van der Waals surface area contributed by atoms with E-state index in [1.54, 1.807) is 18.4 Å². The van der Waals surface area contributed by atoms with Crippen LogP contribution in [0.1, 0.15) is 29.4 Å². The number of aliphatic carboxylic acids is 1. The number of carboxylic acids is 1. The lowest BCUT2D eigenvalue weighted by Crippen LogP contribution is -2.10. The monoisotopic (exact) mass is 242 g/mol. The molecule has 0 aliphatic rings. The first-order valence-corrected chi connectivity index (χ1v) is 5.79. The lowest BCUT2D eigenvalue weighted by molar-refractivity contribution is -0.137. The molecular formula is C11H14O4S. The number of rotatable bonds is 6. The highest BCUT2D eigenvalue weighted by molar-refractivity contribution is 7.12. The number of methoxy groups -OCH3 is 1. The van der Waals surface area contributed by atoms with Gasteiger partial charge >= 0.3 is 5.97 Å². The number of carboxylic acid groups (broad SMARTS) is 1. The number of ketones is 1. The Kier molecular flexibility index (Phi) is 4.49. The summed E-state index contributed by atoms with van der Waals surface area (Å²) in [6.07, 6.45) is 0.253. The van der Waals surface area contributed by atoms with E-state index in [2.05, 4.69) is 0 Å². The molecule has 0 aliphatic heterocycles. The maximum absolute atomic E-state index is 11.8. The fourth-order valence-electron chi connectivity index (χ4n) is 1.44. The van der Waals surface area contributed by atoms with E-state index in [-0.39, 0.29) is 24.5 Å². The van der Waals surface area contributed by atoms with E-state index in [4.69, 9.17) is 9.84 Å². The van der Waals surface area contributed by atoms with Crippen LogP contribution >= 0.6 is 11.3 Å². The zero-order valence-electron chi connectivity index (χ0n) is 9.23. The van der Waals surface area contributed by atoms with Crippen LogP contribution in [0.5, 0.6) is 5.75 Å². The molecule has 16 heavy (non-hydrogen) atoms. The third-order valence-electron chi connectivity index (χ3n) is 2.16. The molecule has 0 amide bonds. The largest absolute Gasteiger partial charge is 0.495 e. The predicted octanol–water partition coefficient (Wildman–Crippen LogP) is 2.44. The van der Waals surface area contributed by atoms with Gasteiger partial charge in [0.05, 0.1) is 7.11 Å². The zero-order chi connectivity index (χ0) is 12.1. The van der Waals surface area contributed by atoms with Crippen molar-refractivity contribution in [2.45, 2.75) is 19.8 Å². The van der Waals surface area contributed by atoms with E-state index in [1.165, 1.54) is 18.4 Å². The second kappa shape index (κ2) is 5.65. The van der Waals surface area contributed by atoms with Crippen molar-refractivity contribution < 1.29 is 19.4 Å². The van der Waals surface area contributed by atoms with Crippen molar-refractivity contribution in [3.8, 4) is 5.75 Å². The fraction of sp³-hybridized carbons (Fsp3) is 0.455. The summed E-state index contributed by atoms with van der Waals surface area (Å²) < 4.78 is 5.04. The Balaban J connectivity index is 2.62. The van der Waals surface area contributed by atoms with Crippen LogP contribution in [0.15, 0.2) is 11.4 Å². The standard InChI is InChI=1S/C11H14O4S/c1-7(6-10(13)14)5-8(12)11-9(15-2)3-4-16-11/h3-4,7H,5-6H2,1-2H3,(H,13,14). The quantitative estimate of drug-likeness (QED) is 0.778. The van der Waals surface area contributed by atoms with Crippen molar-refractivity contribution in [3.63, 3.8) is 0 Å². The molecule has 1 aromatic heterocycles.